The molecule has 18 heavy (non-hydrogen) atoms. The number of hydrogen-bond donors (Lipinski definition) is 1. The number of carbonyl (C=O) groups is 1. The SMILES string of the molecule is COCC1CCN(C(=O)CSC2CCNCC2)C1. The third kappa shape index (κ3) is 4.14. The van der Waals surface area contributed by atoms with E-state index in [4.69, 9.17) is 4.74 Å². The van der Waals surface area contributed by atoms with E-state index in [1.807, 2.05) is 16.7 Å². The number of hydrogen-bond acceptors (Lipinski definition) is 4. The highest BCUT2D eigenvalue weighted by Crippen LogP contribution is 2.22. The van der Waals surface area contributed by atoms with Gasteiger partial charge < -0.3 is 15.0 Å². The molecule has 2 aliphatic heterocycles. The van der Waals surface area contributed by atoms with Gasteiger partial charge in [-0.25, -0.2) is 0 Å². The maximum atomic E-state index is 12.1. The van der Waals surface area contributed by atoms with Crippen molar-refractivity contribution in [2.24, 2.45) is 5.92 Å². The maximum Gasteiger partial charge on any atom is 0.232 e. The van der Waals surface area contributed by atoms with Crippen molar-refractivity contribution >= 4 is 17.7 Å². The quantitative estimate of drug-likeness (QED) is 0.809. The summed E-state index contributed by atoms with van der Waals surface area (Å²) in [6.45, 7) is 4.79. The highest BCUT2D eigenvalue weighted by atomic mass is 32.2. The molecule has 0 aliphatic carbocycles. The van der Waals surface area contributed by atoms with Crippen LogP contribution in [0.3, 0.4) is 0 Å². The van der Waals surface area contributed by atoms with E-state index in [0.717, 1.165) is 39.2 Å². The average Bonchev–Trinajstić information content (AvgIpc) is 2.86. The number of rotatable bonds is 5. The summed E-state index contributed by atoms with van der Waals surface area (Å²) in [5.74, 6) is 1.52. The van der Waals surface area contributed by atoms with Crippen molar-refractivity contribution in [3.63, 3.8) is 0 Å². The fourth-order valence-corrected chi connectivity index (χ4v) is 3.80. The van der Waals surface area contributed by atoms with E-state index in [9.17, 15) is 4.79 Å². The van der Waals surface area contributed by atoms with Gasteiger partial charge in [-0.1, -0.05) is 0 Å². The minimum atomic E-state index is 0.317. The van der Waals surface area contributed by atoms with Crippen molar-refractivity contribution in [3.05, 3.63) is 0 Å². The van der Waals surface area contributed by atoms with Crippen molar-refractivity contribution < 1.29 is 9.53 Å². The lowest BCUT2D eigenvalue weighted by Crippen LogP contribution is -2.33. The van der Waals surface area contributed by atoms with Crippen molar-refractivity contribution in [1.29, 1.82) is 0 Å². The lowest BCUT2D eigenvalue weighted by Gasteiger charge is -2.23. The Bertz CT molecular complexity index is 270. The molecule has 0 radical (unpaired) electrons. The van der Waals surface area contributed by atoms with Crippen molar-refractivity contribution in [3.8, 4) is 0 Å². The van der Waals surface area contributed by atoms with Crippen LogP contribution in [0.5, 0.6) is 0 Å². The van der Waals surface area contributed by atoms with Gasteiger partial charge in [-0.3, -0.25) is 4.79 Å². The number of nitrogens with one attached hydrogen (secondary N) is 1. The molecule has 2 heterocycles. The fourth-order valence-electron chi connectivity index (χ4n) is 2.67. The molecule has 2 aliphatic rings. The minimum absolute atomic E-state index is 0.317. The molecule has 0 aromatic rings. The van der Waals surface area contributed by atoms with E-state index in [0.29, 0.717) is 22.8 Å². The lowest BCUT2D eigenvalue weighted by molar-refractivity contribution is -0.127. The van der Waals surface area contributed by atoms with Gasteiger partial charge in [0.05, 0.1) is 12.4 Å². The zero-order valence-electron chi connectivity index (χ0n) is 11.2. The summed E-state index contributed by atoms with van der Waals surface area (Å²) in [7, 11) is 1.73. The molecule has 0 aromatic heterocycles. The Balaban J connectivity index is 1.65. The third-order valence-electron chi connectivity index (χ3n) is 3.77. The van der Waals surface area contributed by atoms with Crippen LogP contribution in [0.25, 0.3) is 0 Å². The summed E-state index contributed by atoms with van der Waals surface area (Å²) in [5.41, 5.74) is 0. The van der Waals surface area contributed by atoms with Crippen LogP contribution >= 0.6 is 11.8 Å². The molecule has 104 valence electrons. The smallest absolute Gasteiger partial charge is 0.232 e. The van der Waals surface area contributed by atoms with Crippen LogP contribution in [-0.2, 0) is 9.53 Å². The van der Waals surface area contributed by atoms with Gasteiger partial charge in [0.2, 0.25) is 5.91 Å². The largest absolute Gasteiger partial charge is 0.384 e. The molecule has 1 unspecified atom stereocenters. The molecule has 0 spiro atoms. The van der Waals surface area contributed by atoms with Crippen LogP contribution < -0.4 is 5.32 Å². The fraction of sp³-hybridized carbons (Fsp3) is 0.923. The Morgan fingerprint density at radius 2 is 2.17 bits per heavy atom. The molecule has 0 saturated carbocycles. The minimum Gasteiger partial charge on any atom is -0.384 e. The molecule has 4 nitrogen and oxygen atoms in total. The average molecular weight is 272 g/mol. The monoisotopic (exact) mass is 272 g/mol. The number of piperidine rings is 1. The summed E-state index contributed by atoms with van der Waals surface area (Å²) < 4.78 is 5.16. The summed E-state index contributed by atoms with van der Waals surface area (Å²) in [5, 5.41) is 4.03. The zero-order valence-corrected chi connectivity index (χ0v) is 12.0. The molecule has 2 fully saturated rings. The Hall–Kier alpha value is -0.260. The Labute approximate surface area is 114 Å². The predicted molar refractivity (Wildman–Crippen MR) is 74.9 cm³/mol. The van der Waals surface area contributed by atoms with E-state index >= 15 is 0 Å². The second-order valence-corrected chi connectivity index (χ2v) is 6.50. The second-order valence-electron chi connectivity index (χ2n) is 5.21. The van der Waals surface area contributed by atoms with Gasteiger partial charge >= 0.3 is 0 Å². The number of carbonyl (C=O) groups excluding carboxylic acids is 1. The van der Waals surface area contributed by atoms with Gasteiger partial charge in [0.1, 0.15) is 0 Å². The molecule has 2 saturated heterocycles. The van der Waals surface area contributed by atoms with Gasteiger partial charge in [0.15, 0.2) is 0 Å². The Morgan fingerprint density at radius 3 is 2.89 bits per heavy atom. The second kappa shape index (κ2) is 7.36. The standard InChI is InChI=1S/C13H24N2O2S/c1-17-9-11-4-7-15(8-11)13(16)10-18-12-2-5-14-6-3-12/h11-12,14H,2-10H2,1H3. The van der Waals surface area contributed by atoms with E-state index < -0.39 is 0 Å². The molecule has 1 amide bonds. The first-order chi connectivity index (χ1) is 8.79. The lowest BCUT2D eigenvalue weighted by atomic mass is 10.1. The number of ether oxygens (including phenoxy) is 1. The number of thioether (sulfide) groups is 1. The number of amides is 1. The van der Waals surface area contributed by atoms with Crippen molar-refractivity contribution in [1.82, 2.24) is 10.2 Å². The zero-order chi connectivity index (χ0) is 12.8. The summed E-state index contributed by atoms with van der Waals surface area (Å²) in [4.78, 5) is 14.1. The van der Waals surface area contributed by atoms with Crippen molar-refractivity contribution in [2.45, 2.75) is 24.5 Å². The van der Waals surface area contributed by atoms with Crippen LogP contribution in [0.15, 0.2) is 0 Å². The predicted octanol–water partition coefficient (Wildman–Crippen LogP) is 0.967. The highest BCUT2D eigenvalue weighted by molar-refractivity contribution is 8.00. The van der Waals surface area contributed by atoms with E-state index in [1.54, 1.807) is 7.11 Å². The van der Waals surface area contributed by atoms with E-state index in [-0.39, 0.29) is 0 Å². The Morgan fingerprint density at radius 1 is 1.39 bits per heavy atom. The molecule has 0 aromatic carbocycles. The van der Waals surface area contributed by atoms with E-state index in [2.05, 4.69) is 5.32 Å². The molecule has 2 rings (SSSR count). The molecule has 1 atom stereocenters. The molecule has 1 N–H and O–H groups in total. The van der Waals surface area contributed by atoms with Crippen LogP contribution in [-0.4, -0.2) is 61.7 Å². The number of likely N-dealkylation sites (tertiary alicyclic amines) is 1. The molecular formula is C13H24N2O2S. The molecular weight excluding hydrogens is 248 g/mol. The van der Waals surface area contributed by atoms with Crippen LogP contribution in [0.1, 0.15) is 19.3 Å². The van der Waals surface area contributed by atoms with Crippen LogP contribution in [0.4, 0.5) is 0 Å². The first-order valence-electron chi connectivity index (χ1n) is 6.88. The third-order valence-corrected chi connectivity index (χ3v) is 5.13. The van der Waals surface area contributed by atoms with Crippen LogP contribution in [0.2, 0.25) is 0 Å². The maximum absolute atomic E-state index is 12.1. The molecule has 5 heteroatoms. The summed E-state index contributed by atoms with van der Waals surface area (Å²) in [6.07, 6.45) is 3.49. The summed E-state index contributed by atoms with van der Waals surface area (Å²) in [6, 6.07) is 0. The van der Waals surface area contributed by atoms with Crippen LogP contribution in [0, 0.1) is 5.92 Å². The Kier molecular flexibility index (Phi) is 5.79. The first-order valence-corrected chi connectivity index (χ1v) is 7.93. The van der Waals surface area contributed by atoms with E-state index in [1.165, 1.54) is 12.8 Å². The summed E-state index contributed by atoms with van der Waals surface area (Å²) >= 11 is 1.84. The highest BCUT2D eigenvalue weighted by Gasteiger charge is 2.26. The first kappa shape index (κ1) is 14.2. The van der Waals surface area contributed by atoms with Gasteiger partial charge in [0.25, 0.3) is 0 Å². The van der Waals surface area contributed by atoms with Gasteiger partial charge in [-0.05, 0) is 32.4 Å². The molecule has 0 bridgehead atoms. The number of methoxy groups -OCH3 is 1. The number of nitrogens with zero attached hydrogens (tertiary/aromatic N) is 1. The normalized spacial score (nSPS) is 25.6. The topological polar surface area (TPSA) is 41.6 Å². The van der Waals surface area contributed by atoms with Crippen molar-refractivity contribution in [2.75, 3.05) is 45.6 Å². The van der Waals surface area contributed by atoms with Gasteiger partial charge in [0, 0.05) is 31.4 Å². The van der Waals surface area contributed by atoms with Gasteiger partial charge in [-0.2, -0.15) is 0 Å². The van der Waals surface area contributed by atoms with Gasteiger partial charge in [-0.15, -0.1) is 11.8 Å².